The number of para-hydroxylation sites is 1. The molecular weight excluding hydrogens is 216 g/mol. The summed E-state index contributed by atoms with van der Waals surface area (Å²) < 4.78 is 0. The number of nitrogens with zero attached hydrogens (tertiary/aromatic N) is 1. The zero-order chi connectivity index (χ0) is 12.4. The second-order valence-corrected chi connectivity index (χ2v) is 4.66. The molecule has 1 N–H and O–H groups in total. The van der Waals surface area contributed by atoms with Crippen molar-refractivity contribution in [3.8, 4) is 0 Å². The van der Waals surface area contributed by atoms with Gasteiger partial charge in [-0.05, 0) is 17.5 Å². The Morgan fingerprint density at radius 3 is 2.71 bits per heavy atom. The van der Waals surface area contributed by atoms with E-state index in [0.29, 0.717) is 0 Å². The fourth-order valence-corrected chi connectivity index (χ4v) is 2.23. The van der Waals surface area contributed by atoms with Crippen LogP contribution < -0.4 is 0 Å². The van der Waals surface area contributed by atoms with E-state index in [2.05, 4.69) is 4.98 Å². The molecule has 0 fully saturated rings. The second kappa shape index (κ2) is 4.57. The zero-order valence-electron chi connectivity index (χ0n) is 10.0. The van der Waals surface area contributed by atoms with Gasteiger partial charge in [0.05, 0.1) is 5.92 Å². The van der Waals surface area contributed by atoms with Gasteiger partial charge in [-0.1, -0.05) is 32.0 Å². The average molecular weight is 232 g/mol. The van der Waals surface area contributed by atoms with Gasteiger partial charge in [0.25, 0.3) is 0 Å². The van der Waals surface area contributed by atoms with Gasteiger partial charge in [-0.25, -0.2) is 0 Å². The van der Waals surface area contributed by atoms with Gasteiger partial charge in [0.2, 0.25) is 6.54 Å². The first kappa shape index (κ1) is 11.6. The summed E-state index contributed by atoms with van der Waals surface area (Å²) in [6.45, 7) is 4.03. The largest absolute Gasteiger partial charge is 0.361 e. The Labute approximate surface area is 99.8 Å². The van der Waals surface area contributed by atoms with Gasteiger partial charge in [0.15, 0.2) is 0 Å². The van der Waals surface area contributed by atoms with Crippen LogP contribution in [0.3, 0.4) is 0 Å². The van der Waals surface area contributed by atoms with Crippen LogP contribution in [-0.4, -0.2) is 16.5 Å². The molecule has 0 bridgehead atoms. The molecule has 1 aromatic heterocycles. The number of nitrogens with one attached hydrogen (secondary N) is 1. The van der Waals surface area contributed by atoms with Crippen molar-refractivity contribution in [2.45, 2.75) is 19.8 Å². The Balaban J connectivity index is 2.45. The van der Waals surface area contributed by atoms with E-state index in [-0.39, 0.29) is 23.3 Å². The molecule has 90 valence electrons. The average Bonchev–Trinajstić information content (AvgIpc) is 2.69. The Bertz CT molecular complexity index is 531. The molecule has 2 aromatic rings. The fraction of sp³-hybridized carbons (Fsp3) is 0.385. The third kappa shape index (κ3) is 2.30. The Morgan fingerprint density at radius 2 is 2.06 bits per heavy atom. The summed E-state index contributed by atoms with van der Waals surface area (Å²) in [6, 6.07) is 7.92. The quantitative estimate of drug-likeness (QED) is 0.650. The van der Waals surface area contributed by atoms with Crippen molar-refractivity contribution in [2.24, 2.45) is 5.92 Å². The second-order valence-electron chi connectivity index (χ2n) is 4.66. The van der Waals surface area contributed by atoms with Crippen molar-refractivity contribution in [3.05, 3.63) is 46.1 Å². The van der Waals surface area contributed by atoms with Gasteiger partial charge < -0.3 is 4.98 Å². The minimum atomic E-state index is -0.230. The maximum Gasteiger partial charge on any atom is 0.211 e. The SMILES string of the molecule is CC(C)C(C[N+](=O)[O-])c1c[nH]c2ccccc12. The van der Waals surface area contributed by atoms with Crippen molar-refractivity contribution in [3.63, 3.8) is 0 Å². The molecule has 0 aliphatic carbocycles. The maximum absolute atomic E-state index is 10.7. The maximum atomic E-state index is 10.7. The van der Waals surface area contributed by atoms with Gasteiger partial charge in [0.1, 0.15) is 0 Å². The first-order valence-electron chi connectivity index (χ1n) is 5.77. The summed E-state index contributed by atoms with van der Waals surface area (Å²) in [5.41, 5.74) is 2.09. The highest BCUT2D eigenvalue weighted by Gasteiger charge is 2.24. The van der Waals surface area contributed by atoms with Crippen LogP contribution in [-0.2, 0) is 0 Å². The predicted molar refractivity (Wildman–Crippen MR) is 67.7 cm³/mol. The molecule has 0 aliphatic rings. The van der Waals surface area contributed by atoms with E-state index in [1.165, 1.54) is 0 Å². The van der Waals surface area contributed by atoms with Crippen LogP contribution in [0.25, 0.3) is 10.9 Å². The molecule has 0 amide bonds. The minimum Gasteiger partial charge on any atom is -0.361 e. The normalized spacial score (nSPS) is 13.1. The van der Waals surface area contributed by atoms with E-state index >= 15 is 0 Å². The monoisotopic (exact) mass is 232 g/mol. The van der Waals surface area contributed by atoms with Gasteiger partial charge in [-0.2, -0.15) is 0 Å². The summed E-state index contributed by atoms with van der Waals surface area (Å²) in [5, 5.41) is 11.8. The minimum absolute atomic E-state index is 0.0144. The van der Waals surface area contributed by atoms with Crippen LogP contribution >= 0.6 is 0 Å². The Hall–Kier alpha value is -1.84. The van der Waals surface area contributed by atoms with E-state index in [1.807, 2.05) is 44.3 Å². The molecule has 1 unspecified atom stereocenters. The summed E-state index contributed by atoms with van der Waals surface area (Å²) in [4.78, 5) is 13.7. The Morgan fingerprint density at radius 1 is 1.35 bits per heavy atom. The number of nitro groups is 1. The summed E-state index contributed by atoms with van der Waals surface area (Å²) >= 11 is 0. The highest BCUT2D eigenvalue weighted by Crippen LogP contribution is 2.30. The molecule has 2 rings (SSSR count). The number of rotatable bonds is 4. The molecule has 1 atom stereocenters. The molecule has 4 heteroatoms. The number of benzene rings is 1. The molecular formula is C13H16N2O2. The fourth-order valence-electron chi connectivity index (χ4n) is 2.23. The van der Waals surface area contributed by atoms with Crippen molar-refractivity contribution in [1.82, 2.24) is 4.98 Å². The number of hydrogen-bond acceptors (Lipinski definition) is 2. The number of aromatic nitrogens is 1. The third-order valence-corrected chi connectivity index (χ3v) is 3.17. The number of hydrogen-bond donors (Lipinski definition) is 1. The molecule has 0 radical (unpaired) electrons. The van der Waals surface area contributed by atoms with E-state index < -0.39 is 0 Å². The summed E-state index contributed by atoms with van der Waals surface area (Å²) in [5.74, 6) is 0.209. The molecule has 1 aromatic carbocycles. The van der Waals surface area contributed by atoms with Crippen LogP contribution in [0.15, 0.2) is 30.5 Å². The molecule has 0 saturated carbocycles. The van der Waals surface area contributed by atoms with Gasteiger partial charge in [-0.15, -0.1) is 0 Å². The first-order valence-corrected chi connectivity index (χ1v) is 5.77. The molecule has 0 aliphatic heterocycles. The number of aromatic amines is 1. The highest BCUT2D eigenvalue weighted by atomic mass is 16.6. The predicted octanol–water partition coefficient (Wildman–Crippen LogP) is 3.18. The van der Waals surface area contributed by atoms with E-state index in [4.69, 9.17) is 0 Å². The van der Waals surface area contributed by atoms with Crippen LogP contribution in [0.2, 0.25) is 0 Å². The topological polar surface area (TPSA) is 58.9 Å². The van der Waals surface area contributed by atoms with E-state index in [1.54, 1.807) is 0 Å². The lowest BCUT2D eigenvalue weighted by molar-refractivity contribution is -0.484. The van der Waals surface area contributed by atoms with Gasteiger partial charge >= 0.3 is 0 Å². The summed E-state index contributed by atoms with van der Waals surface area (Å²) in [6.07, 6.45) is 1.90. The van der Waals surface area contributed by atoms with Crippen molar-refractivity contribution >= 4 is 10.9 Å². The molecule has 4 nitrogen and oxygen atoms in total. The molecule has 17 heavy (non-hydrogen) atoms. The third-order valence-electron chi connectivity index (χ3n) is 3.17. The molecule has 1 heterocycles. The van der Waals surface area contributed by atoms with E-state index in [9.17, 15) is 10.1 Å². The zero-order valence-corrected chi connectivity index (χ0v) is 10.0. The van der Waals surface area contributed by atoms with Crippen LogP contribution in [0.1, 0.15) is 25.3 Å². The first-order chi connectivity index (χ1) is 8.09. The van der Waals surface area contributed by atoms with Crippen molar-refractivity contribution < 1.29 is 4.92 Å². The van der Waals surface area contributed by atoms with Crippen LogP contribution in [0, 0.1) is 16.0 Å². The molecule has 0 spiro atoms. The van der Waals surface area contributed by atoms with Gasteiger partial charge in [-0.3, -0.25) is 10.1 Å². The lowest BCUT2D eigenvalue weighted by atomic mass is 9.88. The summed E-state index contributed by atoms with van der Waals surface area (Å²) in [7, 11) is 0. The van der Waals surface area contributed by atoms with Crippen LogP contribution in [0.5, 0.6) is 0 Å². The number of fused-ring (bicyclic) bond motifs is 1. The van der Waals surface area contributed by atoms with Crippen LogP contribution in [0.4, 0.5) is 0 Å². The highest BCUT2D eigenvalue weighted by molar-refractivity contribution is 5.83. The lowest BCUT2D eigenvalue weighted by Crippen LogP contribution is -2.17. The smallest absolute Gasteiger partial charge is 0.211 e. The number of H-pyrrole nitrogens is 1. The molecule has 0 saturated heterocycles. The standard InChI is InChI=1S/C13H16N2O2/c1-9(2)12(8-15(16)17)11-7-14-13-6-4-3-5-10(11)13/h3-7,9,12,14H,8H2,1-2H3. The Kier molecular flexibility index (Phi) is 3.13. The van der Waals surface area contributed by atoms with Gasteiger partial charge in [0, 0.05) is 22.0 Å². The van der Waals surface area contributed by atoms with E-state index in [0.717, 1.165) is 16.5 Å². The van der Waals surface area contributed by atoms with Crippen molar-refractivity contribution in [2.75, 3.05) is 6.54 Å². The van der Waals surface area contributed by atoms with Crippen molar-refractivity contribution in [1.29, 1.82) is 0 Å². The lowest BCUT2D eigenvalue weighted by Gasteiger charge is -2.15.